The number of benzene rings is 1. The molecule has 2 unspecified atom stereocenters. The van der Waals surface area contributed by atoms with Gasteiger partial charge in [0.2, 0.25) is 0 Å². The zero-order chi connectivity index (χ0) is 14.0. The molecule has 1 fully saturated rings. The summed E-state index contributed by atoms with van der Waals surface area (Å²) in [5.41, 5.74) is 3.80. The fourth-order valence-electron chi connectivity index (χ4n) is 2.83. The second-order valence-electron chi connectivity index (χ2n) is 5.96. The molecule has 0 saturated carbocycles. The Morgan fingerprint density at radius 3 is 2.32 bits per heavy atom. The summed E-state index contributed by atoms with van der Waals surface area (Å²) in [6, 6.07) is 7.11. The van der Waals surface area contributed by atoms with E-state index >= 15 is 0 Å². The molecule has 0 bridgehead atoms. The Morgan fingerprint density at radius 1 is 1.16 bits per heavy atom. The molecule has 0 aliphatic carbocycles. The molecule has 2 atom stereocenters. The maximum atomic E-state index is 5.79. The van der Waals surface area contributed by atoms with Crippen LogP contribution in [-0.2, 0) is 4.74 Å². The highest BCUT2D eigenvalue weighted by atomic mass is 16.5. The second kappa shape index (κ2) is 5.83. The van der Waals surface area contributed by atoms with E-state index in [0.717, 1.165) is 12.8 Å². The summed E-state index contributed by atoms with van der Waals surface area (Å²) in [5, 5.41) is 3.68. The average molecular weight is 262 g/mol. The third kappa shape index (κ3) is 3.63. The molecule has 1 aromatic rings. The second-order valence-corrected chi connectivity index (χ2v) is 5.96. The number of nitrogens with one attached hydrogen (secondary N) is 1. The van der Waals surface area contributed by atoms with Gasteiger partial charge >= 0.3 is 0 Å². The summed E-state index contributed by atoms with van der Waals surface area (Å²) < 4.78 is 5.79. The van der Waals surface area contributed by atoms with Crippen molar-refractivity contribution in [3.8, 4) is 0 Å². The van der Waals surface area contributed by atoms with Crippen molar-refractivity contribution in [2.45, 2.75) is 51.9 Å². The van der Waals surface area contributed by atoms with Gasteiger partial charge in [0.25, 0.3) is 0 Å². The van der Waals surface area contributed by atoms with Crippen LogP contribution >= 0.6 is 0 Å². The summed E-state index contributed by atoms with van der Waals surface area (Å²) in [5.74, 6) is 0. The first-order valence-electron chi connectivity index (χ1n) is 7.15. The molecule has 1 N–H and O–H groups in total. The number of aryl methyl sites for hydroxylation is 1. The molecule has 106 valence electrons. The molecular formula is C16H26N2O. The van der Waals surface area contributed by atoms with Crippen LogP contribution in [0.2, 0.25) is 0 Å². The molecule has 19 heavy (non-hydrogen) atoms. The lowest BCUT2D eigenvalue weighted by molar-refractivity contribution is -0.0337. The Hall–Kier alpha value is -1.22. The monoisotopic (exact) mass is 262 g/mol. The summed E-state index contributed by atoms with van der Waals surface area (Å²) in [6.45, 7) is 6.49. The third-order valence-corrected chi connectivity index (χ3v) is 3.78. The Morgan fingerprint density at radius 2 is 1.79 bits per heavy atom. The van der Waals surface area contributed by atoms with Crippen molar-refractivity contribution in [1.82, 2.24) is 0 Å². The highest BCUT2D eigenvalue weighted by molar-refractivity contribution is 5.60. The van der Waals surface area contributed by atoms with E-state index in [1.54, 1.807) is 0 Å². The van der Waals surface area contributed by atoms with Crippen molar-refractivity contribution >= 4 is 11.4 Å². The molecule has 1 saturated heterocycles. The van der Waals surface area contributed by atoms with E-state index in [2.05, 4.69) is 63.3 Å². The Kier molecular flexibility index (Phi) is 4.35. The molecule has 1 aliphatic heterocycles. The Labute approximate surface area is 116 Å². The lowest BCUT2D eigenvalue weighted by atomic mass is 9.99. The van der Waals surface area contributed by atoms with E-state index in [4.69, 9.17) is 4.74 Å². The van der Waals surface area contributed by atoms with Crippen LogP contribution in [0.1, 0.15) is 32.3 Å². The minimum absolute atomic E-state index is 0.350. The van der Waals surface area contributed by atoms with Crippen molar-refractivity contribution < 1.29 is 4.74 Å². The van der Waals surface area contributed by atoms with Crippen LogP contribution in [0.15, 0.2) is 18.2 Å². The first-order valence-corrected chi connectivity index (χ1v) is 7.15. The smallest absolute Gasteiger partial charge is 0.0570 e. The molecule has 0 radical (unpaired) electrons. The van der Waals surface area contributed by atoms with Crippen molar-refractivity contribution in [1.29, 1.82) is 0 Å². The van der Waals surface area contributed by atoms with Gasteiger partial charge in [-0.15, -0.1) is 0 Å². The van der Waals surface area contributed by atoms with Crippen LogP contribution in [-0.4, -0.2) is 32.3 Å². The highest BCUT2D eigenvalue weighted by Crippen LogP contribution is 2.26. The van der Waals surface area contributed by atoms with E-state index in [-0.39, 0.29) is 0 Å². The van der Waals surface area contributed by atoms with Gasteiger partial charge in [-0.25, -0.2) is 0 Å². The number of nitrogens with zero attached hydrogens (tertiary/aromatic N) is 1. The minimum Gasteiger partial charge on any atom is -0.382 e. The van der Waals surface area contributed by atoms with Crippen molar-refractivity contribution in [3.05, 3.63) is 23.8 Å². The molecule has 1 heterocycles. The average Bonchev–Trinajstić information content (AvgIpc) is 2.30. The van der Waals surface area contributed by atoms with E-state index in [1.807, 2.05) is 0 Å². The largest absolute Gasteiger partial charge is 0.382 e. The third-order valence-electron chi connectivity index (χ3n) is 3.78. The van der Waals surface area contributed by atoms with Gasteiger partial charge in [-0.2, -0.15) is 0 Å². The quantitative estimate of drug-likeness (QED) is 0.903. The number of hydrogen-bond acceptors (Lipinski definition) is 3. The fraction of sp³-hybridized carbons (Fsp3) is 0.625. The van der Waals surface area contributed by atoms with Gasteiger partial charge in [-0.1, -0.05) is 0 Å². The van der Waals surface area contributed by atoms with Gasteiger partial charge < -0.3 is 15.0 Å². The summed E-state index contributed by atoms with van der Waals surface area (Å²) >= 11 is 0. The Balaban J connectivity index is 2.06. The first-order chi connectivity index (χ1) is 8.95. The van der Waals surface area contributed by atoms with Crippen LogP contribution in [0, 0.1) is 6.92 Å². The van der Waals surface area contributed by atoms with Gasteiger partial charge in [-0.05, 0) is 57.4 Å². The van der Waals surface area contributed by atoms with Gasteiger partial charge in [0.05, 0.1) is 12.2 Å². The van der Waals surface area contributed by atoms with E-state index in [9.17, 15) is 0 Å². The summed E-state index contributed by atoms with van der Waals surface area (Å²) in [7, 11) is 4.15. The molecule has 0 aromatic heterocycles. The number of rotatable bonds is 3. The number of hydrogen-bond donors (Lipinski definition) is 1. The van der Waals surface area contributed by atoms with Gasteiger partial charge in [-0.3, -0.25) is 0 Å². The lowest BCUT2D eigenvalue weighted by Crippen LogP contribution is -2.37. The first kappa shape index (κ1) is 14.2. The minimum atomic E-state index is 0.350. The van der Waals surface area contributed by atoms with Crippen LogP contribution < -0.4 is 10.2 Å². The van der Waals surface area contributed by atoms with E-state index < -0.39 is 0 Å². The normalized spacial score (nSPS) is 27.1. The standard InChI is InChI=1S/C16H26N2O/c1-11-8-15(18(4)5)6-7-16(11)17-14-9-12(2)19-13(3)10-14/h6-8,12-14,17H,9-10H2,1-5H3. The van der Waals surface area contributed by atoms with Gasteiger partial charge in [0.15, 0.2) is 0 Å². The lowest BCUT2D eigenvalue weighted by Gasteiger charge is -2.33. The molecule has 3 heteroatoms. The SMILES string of the molecule is Cc1cc(N(C)C)ccc1NC1CC(C)OC(C)C1. The predicted molar refractivity (Wildman–Crippen MR) is 82.2 cm³/mol. The predicted octanol–water partition coefficient (Wildman–Crippen LogP) is 3.43. The van der Waals surface area contributed by atoms with Gasteiger partial charge in [0, 0.05) is 31.5 Å². The number of ether oxygens (including phenoxy) is 1. The van der Waals surface area contributed by atoms with Crippen molar-refractivity contribution in [2.75, 3.05) is 24.3 Å². The zero-order valence-electron chi connectivity index (χ0n) is 12.7. The molecule has 1 aliphatic rings. The van der Waals surface area contributed by atoms with Gasteiger partial charge in [0.1, 0.15) is 0 Å². The molecule has 2 rings (SSSR count). The molecule has 1 aromatic carbocycles. The van der Waals surface area contributed by atoms with Crippen molar-refractivity contribution in [2.24, 2.45) is 0 Å². The maximum absolute atomic E-state index is 5.79. The maximum Gasteiger partial charge on any atom is 0.0570 e. The molecular weight excluding hydrogens is 236 g/mol. The van der Waals surface area contributed by atoms with Crippen LogP contribution in [0.25, 0.3) is 0 Å². The topological polar surface area (TPSA) is 24.5 Å². The molecule has 3 nitrogen and oxygen atoms in total. The number of anilines is 2. The Bertz CT molecular complexity index is 421. The molecule has 0 spiro atoms. The summed E-state index contributed by atoms with van der Waals surface area (Å²) in [4.78, 5) is 2.13. The highest BCUT2D eigenvalue weighted by Gasteiger charge is 2.24. The fourth-order valence-corrected chi connectivity index (χ4v) is 2.83. The van der Waals surface area contributed by atoms with Crippen LogP contribution in [0.5, 0.6) is 0 Å². The van der Waals surface area contributed by atoms with E-state index in [1.165, 1.54) is 16.9 Å². The van der Waals surface area contributed by atoms with Crippen LogP contribution in [0.3, 0.4) is 0 Å². The summed E-state index contributed by atoms with van der Waals surface area (Å²) in [6.07, 6.45) is 2.86. The zero-order valence-corrected chi connectivity index (χ0v) is 12.7. The molecule has 0 amide bonds. The van der Waals surface area contributed by atoms with Crippen LogP contribution in [0.4, 0.5) is 11.4 Å². The van der Waals surface area contributed by atoms with Crippen molar-refractivity contribution in [3.63, 3.8) is 0 Å². The van der Waals surface area contributed by atoms with E-state index in [0.29, 0.717) is 18.2 Å².